The minimum absolute atomic E-state index is 0.484. The van der Waals surface area contributed by atoms with Gasteiger partial charge in [-0.2, -0.15) is 10.1 Å². The molecule has 2 aromatic heterocycles. The summed E-state index contributed by atoms with van der Waals surface area (Å²) in [6.45, 7) is 4.89. The van der Waals surface area contributed by atoms with E-state index in [1.807, 2.05) is 18.5 Å². The Bertz CT molecular complexity index is 538. The molecule has 3 heterocycles. The van der Waals surface area contributed by atoms with Crippen LogP contribution in [0.1, 0.15) is 31.4 Å². The summed E-state index contributed by atoms with van der Waals surface area (Å²) in [5.41, 5.74) is 1.21. The van der Waals surface area contributed by atoms with Crippen molar-refractivity contribution in [1.29, 1.82) is 0 Å². The fourth-order valence-corrected chi connectivity index (χ4v) is 2.69. The summed E-state index contributed by atoms with van der Waals surface area (Å²) in [7, 11) is 0. The van der Waals surface area contributed by atoms with E-state index in [0.717, 1.165) is 37.8 Å². The molecule has 2 N–H and O–H groups in total. The summed E-state index contributed by atoms with van der Waals surface area (Å²) in [5.74, 6) is 2.19. The number of H-pyrrole nitrogens is 1. The highest BCUT2D eigenvalue weighted by atomic mass is 15.3. The Hall–Kier alpha value is -2.11. The second-order valence-corrected chi connectivity index (χ2v) is 5.07. The highest BCUT2D eigenvalue weighted by Gasteiger charge is 2.23. The summed E-state index contributed by atoms with van der Waals surface area (Å²) in [6, 6.07) is 3.97. The van der Waals surface area contributed by atoms with Crippen molar-refractivity contribution in [3.05, 3.63) is 30.2 Å². The molecule has 0 aromatic carbocycles. The lowest BCUT2D eigenvalue weighted by atomic mass is 9.95. The van der Waals surface area contributed by atoms with Gasteiger partial charge in [0.15, 0.2) is 0 Å². The van der Waals surface area contributed by atoms with Crippen LogP contribution in [-0.4, -0.2) is 39.8 Å². The lowest BCUT2D eigenvalue weighted by molar-refractivity contribution is 0.495. The molecule has 1 saturated heterocycles. The smallest absolute Gasteiger partial charge is 0.227 e. The van der Waals surface area contributed by atoms with Crippen molar-refractivity contribution < 1.29 is 0 Å². The van der Waals surface area contributed by atoms with Gasteiger partial charge in [0.25, 0.3) is 0 Å². The van der Waals surface area contributed by atoms with Crippen LogP contribution in [0.3, 0.4) is 0 Å². The fraction of sp³-hybridized carbons (Fsp3) is 0.500. The molecule has 0 unspecified atom stereocenters. The zero-order chi connectivity index (χ0) is 13.8. The molecule has 2 aromatic rings. The van der Waals surface area contributed by atoms with Gasteiger partial charge >= 0.3 is 0 Å². The molecule has 1 fully saturated rings. The van der Waals surface area contributed by atoms with Crippen molar-refractivity contribution in [2.75, 3.05) is 29.9 Å². The van der Waals surface area contributed by atoms with Gasteiger partial charge in [0.2, 0.25) is 5.95 Å². The van der Waals surface area contributed by atoms with Gasteiger partial charge in [-0.15, -0.1) is 0 Å². The first-order valence-electron chi connectivity index (χ1n) is 7.18. The van der Waals surface area contributed by atoms with Crippen molar-refractivity contribution in [2.24, 2.45) is 0 Å². The largest absolute Gasteiger partial charge is 0.370 e. The number of hydrogen-bond donors (Lipinski definition) is 2. The SMILES string of the molecule is CCNc1ccnc(N2CCC[C@H](c3ccn[nH]3)C2)n1. The van der Waals surface area contributed by atoms with E-state index in [2.05, 4.69) is 43.4 Å². The molecule has 6 heteroatoms. The number of aromatic amines is 1. The third-order valence-electron chi connectivity index (χ3n) is 3.67. The van der Waals surface area contributed by atoms with Crippen LogP contribution in [0.2, 0.25) is 0 Å². The van der Waals surface area contributed by atoms with Gasteiger partial charge in [0.05, 0.1) is 0 Å². The molecule has 0 bridgehead atoms. The van der Waals surface area contributed by atoms with E-state index in [9.17, 15) is 0 Å². The molecule has 20 heavy (non-hydrogen) atoms. The van der Waals surface area contributed by atoms with Crippen LogP contribution in [0, 0.1) is 0 Å². The zero-order valence-electron chi connectivity index (χ0n) is 11.7. The van der Waals surface area contributed by atoms with Gasteiger partial charge in [-0.25, -0.2) is 4.98 Å². The van der Waals surface area contributed by atoms with Crippen LogP contribution >= 0.6 is 0 Å². The normalized spacial score (nSPS) is 19.1. The zero-order valence-corrected chi connectivity index (χ0v) is 11.7. The maximum Gasteiger partial charge on any atom is 0.227 e. The second-order valence-electron chi connectivity index (χ2n) is 5.07. The predicted octanol–water partition coefficient (Wildman–Crippen LogP) is 2.02. The van der Waals surface area contributed by atoms with Crippen LogP contribution in [0.15, 0.2) is 24.5 Å². The first kappa shape index (κ1) is 12.9. The average Bonchev–Trinajstić information content (AvgIpc) is 3.02. The molecule has 3 rings (SSSR count). The number of aromatic nitrogens is 4. The molecule has 0 saturated carbocycles. The number of rotatable bonds is 4. The molecule has 0 spiro atoms. The third kappa shape index (κ3) is 2.74. The van der Waals surface area contributed by atoms with E-state index >= 15 is 0 Å². The van der Waals surface area contributed by atoms with E-state index in [-0.39, 0.29) is 0 Å². The molecule has 1 aliphatic rings. The van der Waals surface area contributed by atoms with Gasteiger partial charge in [-0.1, -0.05) is 0 Å². The Labute approximate surface area is 118 Å². The van der Waals surface area contributed by atoms with E-state index in [1.165, 1.54) is 12.1 Å². The summed E-state index contributed by atoms with van der Waals surface area (Å²) >= 11 is 0. The lowest BCUT2D eigenvalue weighted by Gasteiger charge is -2.32. The number of nitrogens with one attached hydrogen (secondary N) is 2. The van der Waals surface area contributed by atoms with Gasteiger partial charge < -0.3 is 10.2 Å². The first-order valence-corrected chi connectivity index (χ1v) is 7.18. The quantitative estimate of drug-likeness (QED) is 0.891. The van der Waals surface area contributed by atoms with Crippen molar-refractivity contribution >= 4 is 11.8 Å². The van der Waals surface area contributed by atoms with Crippen molar-refractivity contribution in [2.45, 2.75) is 25.7 Å². The van der Waals surface area contributed by atoms with Crippen molar-refractivity contribution in [3.63, 3.8) is 0 Å². The minimum Gasteiger partial charge on any atom is -0.370 e. The van der Waals surface area contributed by atoms with Gasteiger partial charge in [0.1, 0.15) is 5.82 Å². The predicted molar refractivity (Wildman–Crippen MR) is 79.0 cm³/mol. The second kappa shape index (κ2) is 5.90. The highest BCUT2D eigenvalue weighted by Crippen LogP contribution is 2.27. The van der Waals surface area contributed by atoms with Gasteiger partial charge in [0, 0.05) is 43.6 Å². The van der Waals surface area contributed by atoms with Crippen LogP contribution in [0.5, 0.6) is 0 Å². The van der Waals surface area contributed by atoms with Gasteiger partial charge in [-0.3, -0.25) is 5.10 Å². The topological polar surface area (TPSA) is 69.7 Å². The van der Waals surface area contributed by atoms with E-state index in [4.69, 9.17) is 0 Å². The van der Waals surface area contributed by atoms with Crippen LogP contribution in [0.4, 0.5) is 11.8 Å². The van der Waals surface area contributed by atoms with E-state index in [0.29, 0.717) is 5.92 Å². The van der Waals surface area contributed by atoms with Crippen LogP contribution in [0.25, 0.3) is 0 Å². The Kier molecular flexibility index (Phi) is 3.80. The summed E-state index contributed by atoms with van der Waals surface area (Å²) < 4.78 is 0. The molecule has 106 valence electrons. The van der Waals surface area contributed by atoms with Gasteiger partial charge in [-0.05, 0) is 31.9 Å². The Morgan fingerprint density at radius 1 is 1.40 bits per heavy atom. The molecule has 0 aliphatic carbocycles. The highest BCUT2D eigenvalue weighted by molar-refractivity contribution is 5.41. The van der Waals surface area contributed by atoms with E-state index in [1.54, 1.807) is 0 Å². The third-order valence-corrected chi connectivity index (χ3v) is 3.67. The molecule has 6 nitrogen and oxygen atoms in total. The van der Waals surface area contributed by atoms with Crippen LogP contribution < -0.4 is 10.2 Å². The Morgan fingerprint density at radius 3 is 3.15 bits per heavy atom. The molecule has 1 aliphatic heterocycles. The molecule has 0 radical (unpaired) electrons. The molecule has 1 atom stereocenters. The first-order chi connectivity index (χ1) is 9.86. The average molecular weight is 272 g/mol. The lowest BCUT2D eigenvalue weighted by Crippen LogP contribution is -2.35. The summed E-state index contributed by atoms with van der Waals surface area (Å²) in [5, 5.41) is 10.4. The van der Waals surface area contributed by atoms with Crippen molar-refractivity contribution in [3.8, 4) is 0 Å². The number of anilines is 2. The molecular weight excluding hydrogens is 252 g/mol. The monoisotopic (exact) mass is 272 g/mol. The van der Waals surface area contributed by atoms with Crippen molar-refractivity contribution in [1.82, 2.24) is 20.2 Å². The summed E-state index contributed by atoms with van der Waals surface area (Å²) in [4.78, 5) is 11.2. The van der Waals surface area contributed by atoms with E-state index < -0.39 is 0 Å². The Balaban J connectivity index is 1.74. The van der Waals surface area contributed by atoms with Crippen LogP contribution in [-0.2, 0) is 0 Å². The number of piperidine rings is 1. The number of hydrogen-bond acceptors (Lipinski definition) is 5. The maximum absolute atomic E-state index is 4.58. The Morgan fingerprint density at radius 2 is 2.35 bits per heavy atom. The number of nitrogens with zero attached hydrogens (tertiary/aromatic N) is 4. The summed E-state index contributed by atoms with van der Waals surface area (Å²) in [6.07, 6.45) is 5.97. The molecule has 0 amide bonds. The standard InChI is InChI=1S/C14H20N6/c1-2-15-13-6-7-16-14(18-13)20-9-3-4-11(10-20)12-5-8-17-19-12/h5-8,11H,2-4,9-10H2,1H3,(H,17,19)(H,15,16,18)/t11-/m0/s1. The molecular formula is C14H20N6. The fourth-order valence-electron chi connectivity index (χ4n) is 2.69. The maximum atomic E-state index is 4.58. The minimum atomic E-state index is 0.484.